The van der Waals surface area contributed by atoms with Crippen LogP contribution in [0.25, 0.3) is 21.8 Å². The summed E-state index contributed by atoms with van der Waals surface area (Å²) in [6.07, 6.45) is 0. The minimum atomic E-state index is -6.09. The van der Waals surface area contributed by atoms with Gasteiger partial charge in [-0.3, -0.25) is 0 Å². The van der Waals surface area contributed by atoms with Gasteiger partial charge in [0.15, 0.2) is 10.1 Å². The molecule has 0 amide bonds. The van der Waals surface area contributed by atoms with Gasteiger partial charge in [-0.25, -0.2) is 18.0 Å². The average molecular weight is 521 g/mol. The van der Waals surface area contributed by atoms with Crippen molar-refractivity contribution in [1.82, 2.24) is 0 Å². The molecule has 0 radical (unpaired) electrons. The minimum Gasteiger partial charge on any atom is -0.741 e. The Morgan fingerprint density at radius 3 is 1.78 bits per heavy atom. The average Bonchev–Trinajstić information content (AvgIpc) is 2.79. The van der Waals surface area contributed by atoms with E-state index in [1.54, 1.807) is 16.7 Å². The molecule has 1 N–H and O–H groups in total. The zero-order chi connectivity index (χ0) is 26.7. The second kappa shape index (κ2) is 10.3. The second-order valence-electron chi connectivity index (χ2n) is 7.49. The highest BCUT2D eigenvalue weighted by molar-refractivity contribution is 7.86. The Morgan fingerprint density at radius 2 is 1.36 bits per heavy atom. The van der Waals surface area contributed by atoms with Crippen molar-refractivity contribution >= 4 is 43.9 Å². The summed E-state index contributed by atoms with van der Waals surface area (Å²) in [6.45, 7) is 1.76. The van der Waals surface area contributed by atoms with Crippen LogP contribution in [0.1, 0.15) is 15.9 Å². The van der Waals surface area contributed by atoms with Crippen LogP contribution < -0.4 is 9.30 Å². The molecule has 188 valence electrons. The number of fused-ring (bicyclic) bond motifs is 2. The Hall–Kier alpha value is -4.03. The van der Waals surface area contributed by atoms with Crippen molar-refractivity contribution in [2.24, 2.45) is 0 Å². The third-order valence-corrected chi connectivity index (χ3v) is 5.51. The Labute approximate surface area is 202 Å². The van der Waals surface area contributed by atoms with Gasteiger partial charge in [-0.2, -0.15) is 17.7 Å². The Bertz CT molecular complexity index is 1490. The molecule has 0 atom stereocenters. The predicted octanol–water partition coefficient (Wildman–Crippen LogP) is 3.94. The minimum absolute atomic E-state index is 0.200. The number of halogens is 3. The van der Waals surface area contributed by atoms with Crippen molar-refractivity contribution in [3.8, 4) is 5.75 Å². The highest BCUT2D eigenvalue weighted by Crippen LogP contribution is 2.26. The number of ether oxygens (including phenoxy) is 1. The summed E-state index contributed by atoms with van der Waals surface area (Å²) in [7, 11) is -6.09. The number of alkyl halides is 3. The Balaban J connectivity index is 0.000000392. The number of benzene rings is 3. The number of aryl methyl sites for hydroxylation is 1. The summed E-state index contributed by atoms with van der Waals surface area (Å²) in [5.41, 5.74) is -2.81. The first-order valence-corrected chi connectivity index (χ1v) is 11.6. The third kappa shape index (κ3) is 5.96. The van der Waals surface area contributed by atoms with Crippen LogP contribution >= 0.6 is 0 Å². The normalized spacial score (nSPS) is 11.6. The molecule has 4 rings (SSSR count). The fraction of sp³-hybridized carbons (Fsp3) is 0.125. The molecule has 8 nitrogen and oxygen atoms in total. The molecule has 0 aliphatic carbocycles. The lowest BCUT2D eigenvalue weighted by atomic mass is 10.0. The van der Waals surface area contributed by atoms with Crippen molar-refractivity contribution in [3.05, 3.63) is 83.9 Å². The van der Waals surface area contributed by atoms with Gasteiger partial charge in [0, 0.05) is 12.1 Å². The van der Waals surface area contributed by atoms with E-state index in [-0.39, 0.29) is 6.54 Å². The number of carboxylic acids is 1. The van der Waals surface area contributed by atoms with E-state index in [4.69, 9.17) is 17.7 Å². The molecule has 4 aromatic rings. The molecule has 0 saturated heterocycles. The van der Waals surface area contributed by atoms with Crippen LogP contribution in [-0.4, -0.2) is 35.5 Å². The van der Waals surface area contributed by atoms with E-state index in [0.717, 1.165) is 5.56 Å². The fourth-order valence-corrected chi connectivity index (χ4v) is 3.41. The number of carbonyl (C=O) groups is 2. The van der Waals surface area contributed by atoms with Crippen LogP contribution in [0, 0.1) is 6.92 Å². The summed E-state index contributed by atoms with van der Waals surface area (Å²) < 4.78 is 66.2. The van der Waals surface area contributed by atoms with E-state index in [9.17, 15) is 27.9 Å². The molecule has 1 aromatic heterocycles. The standard InChI is InChI=1S/C23H17NO4.CHF3O3S/c1-15-10-12-16(13-11-15)28-23(27)22-17-6-2-4-8-19(17)24(14-21(25)26)20-9-5-3-7-18(20)22;2-1(3,4)8(5,6)7/h2-13H,14H2,1H3;(H,5,6,7). The summed E-state index contributed by atoms with van der Waals surface area (Å²) in [4.78, 5) is 24.5. The number of hydrogen-bond donors (Lipinski definition) is 1. The van der Waals surface area contributed by atoms with Gasteiger partial charge in [-0.1, -0.05) is 42.0 Å². The first-order valence-electron chi connectivity index (χ1n) is 10.2. The monoisotopic (exact) mass is 521 g/mol. The Morgan fingerprint density at radius 1 is 0.917 bits per heavy atom. The summed E-state index contributed by atoms with van der Waals surface area (Å²) in [5, 5.41) is 10.7. The predicted molar refractivity (Wildman–Crippen MR) is 121 cm³/mol. The van der Waals surface area contributed by atoms with Gasteiger partial charge in [-0.15, -0.1) is 0 Å². The molecule has 0 saturated carbocycles. The van der Waals surface area contributed by atoms with Gasteiger partial charge in [0.1, 0.15) is 5.75 Å². The molecule has 1 heterocycles. The number of esters is 1. The smallest absolute Gasteiger partial charge is 0.485 e. The van der Waals surface area contributed by atoms with E-state index >= 15 is 0 Å². The zero-order valence-corrected chi connectivity index (χ0v) is 19.3. The van der Waals surface area contributed by atoms with E-state index in [0.29, 0.717) is 33.1 Å². The highest BCUT2D eigenvalue weighted by Gasteiger charge is 2.37. The second-order valence-corrected chi connectivity index (χ2v) is 8.86. The van der Waals surface area contributed by atoms with E-state index in [1.165, 1.54) is 0 Å². The van der Waals surface area contributed by atoms with Crippen LogP contribution in [0.4, 0.5) is 13.2 Å². The molecule has 3 aromatic carbocycles. The van der Waals surface area contributed by atoms with Crippen molar-refractivity contribution in [2.45, 2.75) is 19.0 Å². The number of aromatic nitrogens is 1. The molecule has 0 unspecified atom stereocenters. The SMILES string of the molecule is Cc1ccc(OC(=O)c2c3ccccc3[n+](CC(=O)O)c3ccccc23)cc1.O=S(=O)([O-])C(F)(F)F. The van der Waals surface area contributed by atoms with E-state index in [1.807, 2.05) is 67.6 Å². The van der Waals surface area contributed by atoms with Gasteiger partial charge in [0.05, 0.1) is 16.3 Å². The van der Waals surface area contributed by atoms with Gasteiger partial charge in [0.2, 0.25) is 17.6 Å². The number of para-hydroxylation sites is 2. The van der Waals surface area contributed by atoms with Crippen LogP contribution in [0.3, 0.4) is 0 Å². The zero-order valence-electron chi connectivity index (χ0n) is 18.5. The quantitative estimate of drug-likeness (QED) is 0.108. The van der Waals surface area contributed by atoms with Crippen LogP contribution in [0.5, 0.6) is 5.75 Å². The lowest BCUT2D eigenvalue weighted by molar-refractivity contribution is -0.633. The molecule has 0 fully saturated rings. The van der Waals surface area contributed by atoms with Crippen molar-refractivity contribution in [1.29, 1.82) is 0 Å². The maximum absolute atomic E-state index is 13.1. The van der Waals surface area contributed by atoms with E-state index in [2.05, 4.69) is 0 Å². The molecular weight excluding hydrogens is 503 g/mol. The van der Waals surface area contributed by atoms with Crippen LogP contribution in [0.2, 0.25) is 0 Å². The number of rotatable bonds is 4. The number of hydrogen-bond acceptors (Lipinski definition) is 6. The van der Waals surface area contributed by atoms with Crippen molar-refractivity contribution < 1.29 is 50.1 Å². The number of aliphatic carboxylic acids is 1. The number of pyridine rings is 1. The molecule has 0 spiro atoms. The maximum atomic E-state index is 13.1. The number of carbonyl (C=O) groups excluding carboxylic acids is 1. The number of carboxylic acid groups (broad SMARTS) is 1. The molecular formula is C24H18F3NO7S. The lowest BCUT2D eigenvalue weighted by Gasteiger charge is -2.11. The molecule has 0 bridgehead atoms. The third-order valence-electron chi connectivity index (χ3n) is 4.94. The van der Waals surface area contributed by atoms with Crippen LogP contribution in [0.15, 0.2) is 72.8 Å². The van der Waals surface area contributed by atoms with Crippen molar-refractivity contribution in [2.75, 3.05) is 0 Å². The maximum Gasteiger partial charge on any atom is 0.485 e. The summed E-state index contributed by atoms with van der Waals surface area (Å²) in [6, 6.07) is 21.8. The first kappa shape index (κ1) is 26.6. The summed E-state index contributed by atoms with van der Waals surface area (Å²) >= 11 is 0. The number of nitrogens with zero attached hydrogens (tertiary/aromatic N) is 1. The topological polar surface area (TPSA) is 125 Å². The molecule has 12 heteroatoms. The van der Waals surface area contributed by atoms with Gasteiger partial charge in [0.25, 0.3) is 0 Å². The Kier molecular flexibility index (Phi) is 7.60. The molecule has 0 aliphatic heterocycles. The first-order chi connectivity index (χ1) is 16.8. The summed E-state index contributed by atoms with van der Waals surface area (Å²) in [5.74, 6) is -0.958. The van der Waals surface area contributed by atoms with E-state index < -0.39 is 27.6 Å². The molecule has 36 heavy (non-hydrogen) atoms. The van der Waals surface area contributed by atoms with Crippen molar-refractivity contribution in [3.63, 3.8) is 0 Å². The van der Waals surface area contributed by atoms with Gasteiger partial charge >= 0.3 is 17.4 Å². The van der Waals surface area contributed by atoms with Gasteiger partial charge in [-0.05, 0) is 31.2 Å². The molecule has 0 aliphatic rings. The fourth-order valence-electron chi connectivity index (χ4n) is 3.41. The largest absolute Gasteiger partial charge is 0.741 e. The van der Waals surface area contributed by atoms with Crippen LogP contribution in [-0.2, 0) is 21.5 Å². The highest BCUT2D eigenvalue weighted by atomic mass is 32.2. The van der Waals surface area contributed by atoms with Gasteiger partial charge < -0.3 is 14.4 Å². The lowest BCUT2D eigenvalue weighted by Crippen LogP contribution is -2.40.